The third kappa shape index (κ3) is 2.19. The van der Waals surface area contributed by atoms with Crippen molar-refractivity contribution in [1.82, 2.24) is 14.3 Å². The lowest BCUT2D eigenvalue weighted by atomic mass is 10.00. The summed E-state index contributed by atoms with van der Waals surface area (Å²) in [5.74, 6) is -0.994. The van der Waals surface area contributed by atoms with Gasteiger partial charge in [0, 0.05) is 12.3 Å². The number of aromatic carboxylic acids is 1. The number of fused-ring (bicyclic) bond motifs is 3. The summed E-state index contributed by atoms with van der Waals surface area (Å²) in [5, 5.41) is 13.9. The lowest BCUT2D eigenvalue weighted by Gasteiger charge is -2.32. The van der Waals surface area contributed by atoms with E-state index in [1.165, 1.54) is 12.3 Å². The fourth-order valence-corrected chi connectivity index (χ4v) is 3.37. The van der Waals surface area contributed by atoms with Crippen LogP contribution < -0.4 is 5.43 Å². The van der Waals surface area contributed by atoms with Crippen molar-refractivity contribution in [1.29, 1.82) is 0 Å². The highest BCUT2D eigenvalue weighted by Gasteiger charge is 2.31. The molecule has 0 bridgehead atoms. The first-order valence-electron chi connectivity index (χ1n) is 6.73. The summed E-state index contributed by atoms with van der Waals surface area (Å²) in [7, 11) is 0. The van der Waals surface area contributed by atoms with Crippen molar-refractivity contribution in [2.24, 2.45) is 5.92 Å². The number of carboxylic acid groups (broad SMARTS) is 1. The Labute approximate surface area is 139 Å². The molecule has 0 aliphatic carbocycles. The molecule has 0 fully saturated rings. The lowest BCUT2D eigenvalue weighted by molar-refractivity contribution is 0.0694. The van der Waals surface area contributed by atoms with Crippen LogP contribution in [0.1, 0.15) is 30.2 Å². The Balaban J connectivity index is 2.35. The maximum absolute atomic E-state index is 12.1. The van der Waals surface area contributed by atoms with E-state index in [9.17, 15) is 14.7 Å². The Morgan fingerprint density at radius 3 is 2.82 bits per heavy atom. The molecule has 0 amide bonds. The molecule has 0 saturated carbocycles. The molecule has 1 aliphatic heterocycles. The molecule has 22 heavy (non-hydrogen) atoms. The topological polar surface area (TPSA) is 77.1 Å². The standard InChI is InChI=1S/C14H13BrClN3O3/c1-6(2)9-5-19-12(11(16)13(15)17-19)8-3-10(20)7(14(21)22)4-18(8)9/h3-4,6,9H,5H2,1-2H3,(H,21,22)/t9-/m0/s1. The van der Waals surface area contributed by atoms with Crippen molar-refractivity contribution in [2.75, 3.05) is 0 Å². The normalized spacial score (nSPS) is 16.5. The second-order valence-electron chi connectivity index (χ2n) is 5.60. The number of carbonyl (C=O) groups is 1. The van der Waals surface area contributed by atoms with Crippen LogP contribution in [-0.4, -0.2) is 25.4 Å². The van der Waals surface area contributed by atoms with Crippen molar-refractivity contribution in [2.45, 2.75) is 26.4 Å². The largest absolute Gasteiger partial charge is 0.477 e. The summed E-state index contributed by atoms with van der Waals surface area (Å²) in [5.41, 5.74) is 0.434. The van der Waals surface area contributed by atoms with Gasteiger partial charge in [-0.3, -0.25) is 9.48 Å². The highest BCUT2D eigenvalue weighted by molar-refractivity contribution is 9.10. The molecule has 3 rings (SSSR count). The molecule has 0 spiro atoms. The van der Waals surface area contributed by atoms with E-state index >= 15 is 0 Å². The molecule has 0 saturated heterocycles. The summed E-state index contributed by atoms with van der Waals surface area (Å²) in [6.07, 6.45) is 1.41. The Bertz CT molecular complexity index is 841. The van der Waals surface area contributed by atoms with Crippen LogP contribution in [0.3, 0.4) is 0 Å². The molecular formula is C14H13BrClN3O3. The number of carboxylic acids is 1. The summed E-state index contributed by atoms with van der Waals surface area (Å²) < 4.78 is 4.09. The van der Waals surface area contributed by atoms with Crippen LogP contribution in [0.5, 0.6) is 0 Å². The average Bonchev–Trinajstić information content (AvgIpc) is 2.72. The number of rotatable bonds is 2. The number of pyridine rings is 1. The highest BCUT2D eigenvalue weighted by Crippen LogP contribution is 2.39. The molecule has 116 valence electrons. The minimum atomic E-state index is -1.23. The van der Waals surface area contributed by atoms with Crippen molar-refractivity contribution >= 4 is 33.5 Å². The van der Waals surface area contributed by atoms with E-state index in [4.69, 9.17) is 11.6 Å². The molecule has 8 heteroatoms. The van der Waals surface area contributed by atoms with Gasteiger partial charge in [0.1, 0.15) is 20.9 Å². The maximum Gasteiger partial charge on any atom is 0.341 e. The Kier molecular flexibility index (Phi) is 3.65. The van der Waals surface area contributed by atoms with Gasteiger partial charge in [-0.05, 0) is 21.8 Å². The van der Waals surface area contributed by atoms with Gasteiger partial charge in [0.25, 0.3) is 0 Å². The first-order chi connectivity index (χ1) is 10.3. The molecule has 6 nitrogen and oxygen atoms in total. The van der Waals surface area contributed by atoms with Crippen LogP contribution in [0.25, 0.3) is 11.4 Å². The van der Waals surface area contributed by atoms with E-state index in [2.05, 4.69) is 21.0 Å². The van der Waals surface area contributed by atoms with Crippen LogP contribution in [0.4, 0.5) is 0 Å². The molecular weight excluding hydrogens is 374 g/mol. The molecule has 0 radical (unpaired) electrons. The zero-order valence-electron chi connectivity index (χ0n) is 11.9. The number of hydrogen-bond donors (Lipinski definition) is 1. The van der Waals surface area contributed by atoms with Crippen LogP contribution in [-0.2, 0) is 6.54 Å². The van der Waals surface area contributed by atoms with Gasteiger partial charge in [0.15, 0.2) is 5.43 Å². The van der Waals surface area contributed by atoms with Crippen LogP contribution in [0.2, 0.25) is 5.02 Å². The Morgan fingerprint density at radius 2 is 2.23 bits per heavy atom. The first-order valence-corrected chi connectivity index (χ1v) is 7.90. The van der Waals surface area contributed by atoms with Crippen molar-refractivity contribution in [3.8, 4) is 11.4 Å². The van der Waals surface area contributed by atoms with Gasteiger partial charge < -0.3 is 9.67 Å². The zero-order valence-corrected chi connectivity index (χ0v) is 14.2. The van der Waals surface area contributed by atoms with E-state index in [0.29, 0.717) is 27.6 Å². The van der Waals surface area contributed by atoms with Crippen molar-refractivity contribution in [3.05, 3.63) is 37.7 Å². The molecule has 1 N–H and O–H groups in total. The monoisotopic (exact) mass is 385 g/mol. The van der Waals surface area contributed by atoms with Gasteiger partial charge in [-0.1, -0.05) is 25.4 Å². The molecule has 0 unspecified atom stereocenters. The van der Waals surface area contributed by atoms with Gasteiger partial charge >= 0.3 is 5.97 Å². The Morgan fingerprint density at radius 1 is 1.55 bits per heavy atom. The highest BCUT2D eigenvalue weighted by atomic mass is 79.9. The Hall–Kier alpha value is -1.60. The first kappa shape index (κ1) is 15.3. The van der Waals surface area contributed by atoms with E-state index in [0.717, 1.165) is 0 Å². The fraction of sp³-hybridized carbons (Fsp3) is 0.357. The minimum Gasteiger partial charge on any atom is -0.477 e. The maximum atomic E-state index is 12.1. The summed E-state index contributed by atoms with van der Waals surface area (Å²) in [6.45, 7) is 4.64. The van der Waals surface area contributed by atoms with Gasteiger partial charge in [-0.2, -0.15) is 5.10 Å². The predicted octanol–water partition coefficient (Wildman–Crippen LogP) is 3.04. The fourth-order valence-electron chi connectivity index (χ4n) is 2.76. The zero-order chi connectivity index (χ0) is 16.2. The lowest BCUT2D eigenvalue weighted by Crippen LogP contribution is -2.31. The quantitative estimate of drug-likeness (QED) is 0.860. The van der Waals surface area contributed by atoms with Crippen LogP contribution >= 0.6 is 27.5 Å². The molecule has 1 aliphatic rings. The molecule has 0 aromatic carbocycles. The summed E-state index contributed by atoms with van der Waals surface area (Å²) >= 11 is 9.57. The molecule has 2 aromatic heterocycles. The minimum absolute atomic E-state index is 0.0101. The van der Waals surface area contributed by atoms with E-state index in [1.807, 2.05) is 18.4 Å². The van der Waals surface area contributed by atoms with E-state index < -0.39 is 11.4 Å². The molecule has 2 aromatic rings. The molecule has 3 heterocycles. The van der Waals surface area contributed by atoms with Crippen LogP contribution in [0.15, 0.2) is 21.7 Å². The summed E-state index contributed by atoms with van der Waals surface area (Å²) in [4.78, 5) is 23.3. The van der Waals surface area contributed by atoms with E-state index in [-0.39, 0.29) is 17.5 Å². The third-order valence-electron chi connectivity index (χ3n) is 3.90. The van der Waals surface area contributed by atoms with Gasteiger partial charge in [0.05, 0.1) is 18.3 Å². The predicted molar refractivity (Wildman–Crippen MR) is 85.5 cm³/mol. The SMILES string of the molecule is CC(C)[C@@H]1Cn2nc(Br)c(Cl)c2-c2cc(=O)c(C(=O)O)cn21. The number of hydrogen-bond acceptors (Lipinski definition) is 3. The third-order valence-corrected chi connectivity index (χ3v) is 5.04. The van der Waals surface area contributed by atoms with Crippen molar-refractivity contribution < 1.29 is 9.90 Å². The number of halogens is 2. The summed E-state index contributed by atoms with van der Waals surface area (Å²) in [6, 6.07) is 1.31. The van der Waals surface area contributed by atoms with Gasteiger partial charge in [-0.25, -0.2) is 4.79 Å². The number of nitrogens with zero attached hydrogens (tertiary/aromatic N) is 3. The average molecular weight is 387 g/mol. The molecule has 1 atom stereocenters. The van der Waals surface area contributed by atoms with E-state index in [1.54, 1.807) is 4.68 Å². The second kappa shape index (κ2) is 5.24. The second-order valence-corrected chi connectivity index (χ2v) is 6.73. The number of aromatic nitrogens is 3. The van der Waals surface area contributed by atoms with Crippen LogP contribution in [0, 0.1) is 5.92 Å². The van der Waals surface area contributed by atoms with Gasteiger partial charge in [0.2, 0.25) is 0 Å². The van der Waals surface area contributed by atoms with Gasteiger partial charge in [-0.15, -0.1) is 0 Å². The smallest absolute Gasteiger partial charge is 0.341 e. The van der Waals surface area contributed by atoms with Crippen molar-refractivity contribution in [3.63, 3.8) is 0 Å².